The van der Waals surface area contributed by atoms with Gasteiger partial charge in [0.05, 0.1) is 22.8 Å². The van der Waals surface area contributed by atoms with Crippen LogP contribution in [0.3, 0.4) is 0 Å². The van der Waals surface area contributed by atoms with Gasteiger partial charge in [0.25, 0.3) is 0 Å². The van der Waals surface area contributed by atoms with Crippen molar-refractivity contribution in [1.29, 1.82) is 0 Å². The van der Waals surface area contributed by atoms with Crippen molar-refractivity contribution in [2.45, 2.75) is 310 Å². The summed E-state index contributed by atoms with van der Waals surface area (Å²) in [5.74, 6) is 0. The second kappa shape index (κ2) is 44.6. The second-order valence-corrected chi connectivity index (χ2v) is 20.2. The van der Waals surface area contributed by atoms with E-state index in [4.69, 9.17) is 9.98 Å². The average Bonchev–Trinajstić information content (AvgIpc) is 3.31. The molecule has 0 spiro atoms. The summed E-state index contributed by atoms with van der Waals surface area (Å²) in [5, 5.41) is 0. The Bertz CT molecular complexity index is 1350. The number of aliphatic imine (C=N–C) groups is 2. The highest BCUT2D eigenvalue weighted by Gasteiger charge is 2.12. The summed E-state index contributed by atoms with van der Waals surface area (Å²) in [6, 6.07) is 18.3. The molecule has 0 N–H and O–H groups in total. The Kier molecular flexibility index (Phi) is 40.4. The van der Waals surface area contributed by atoms with E-state index in [0.29, 0.717) is 0 Å². The highest BCUT2D eigenvalue weighted by Crippen LogP contribution is 2.24. The fourth-order valence-corrected chi connectivity index (χ4v) is 9.58. The predicted octanol–water partition coefficient (Wildman–Crippen LogP) is 22.1. The van der Waals surface area contributed by atoms with E-state index < -0.39 is 0 Å². The van der Waals surface area contributed by atoms with Gasteiger partial charge in [-0.1, -0.05) is 283 Å². The number of rotatable bonds is 47. The molecule has 64 heavy (non-hydrogen) atoms. The van der Waals surface area contributed by atoms with Crippen molar-refractivity contribution in [3.8, 4) is 0 Å². The monoisotopic (exact) mass is 881 g/mol. The number of hydrogen-bond acceptors (Lipinski definition) is 2. The molecule has 0 bridgehead atoms. The van der Waals surface area contributed by atoms with Gasteiger partial charge < -0.3 is 0 Å². The molecular weight excluding hydrogens is 773 g/mol. The summed E-state index contributed by atoms with van der Waals surface area (Å²) in [4.78, 5) is 10.9. The second-order valence-electron chi connectivity index (χ2n) is 20.2. The Morgan fingerprint density at radius 3 is 0.828 bits per heavy atom. The largest absolute Gasteiger partial charge is 0.252 e. The smallest absolute Gasteiger partial charge is 0.0636 e. The van der Waals surface area contributed by atoms with Crippen molar-refractivity contribution in [2.75, 3.05) is 0 Å². The molecule has 0 fully saturated rings. The third kappa shape index (κ3) is 34.1. The van der Waals surface area contributed by atoms with Crippen molar-refractivity contribution in [1.82, 2.24) is 0 Å². The Labute approximate surface area is 401 Å². The molecule has 0 saturated carbocycles. The summed E-state index contributed by atoms with van der Waals surface area (Å²) in [5.41, 5.74) is 7.58. The van der Waals surface area contributed by atoms with E-state index in [1.807, 2.05) is 0 Å². The first-order valence-electron chi connectivity index (χ1n) is 29.0. The lowest BCUT2D eigenvalue weighted by Gasteiger charge is -2.12. The lowest BCUT2D eigenvalue weighted by Crippen LogP contribution is -2.14. The van der Waals surface area contributed by atoms with Gasteiger partial charge in [0.1, 0.15) is 0 Å². The van der Waals surface area contributed by atoms with Crippen LogP contribution in [0.2, 0.25) is 0 Å². The van der Waals surface area contributed by atoms with Crippen LogP contribution in [0.5, 0.6) is 0 Å². The van der Waals surface area contributed by atoms with Crippen molar-refractivity contribution in [2.24, 2.45) is 9.98 Å². The maximum Gasteiger partial charge on any atom is 0.0636 e. The number of nitrogens with zero attached hydrogens (tertiary/aromatic N) is 2. The minimum atomic E-state index is 1.01. The zero-order chi connectivity index (χ0) is 45.6. The zero-order valence-corrected chi connectivity index (χ0v) is 43.6. The molecule has 366 valence electrons. The lowest BCUT2D eigenvalue weighted by atomic mass is 10.0. The summed E-state index contributed by atoms with van der Waals surface area (Å²) in [6.45, 7) is 9.24. The first-order valence-corrected chi connectivity index (χ1v) is 29.0. The van der Waals surface area contributed by atoms with Gasteiger partial charge in [0, 0.05) is 0 Å². The van der Waals surface area contributed by atoms with Crippen LogP contribution in [-0.4, -0.2) is 11.4 Å². The Hall–Kier alpha value is -2.22. The van der Waals surface area contributed by atoms with Crippen LogP contribution >= 0.6 is 0 Å². The molecule has 2 aromatic rings. The molecule has 0 heterocycles. The van der Waals surface area contributed by atoms with Gasteiger partial charge in [-0.25, -0.2) is 0 Å². The average molecular weight is 882 g/mol. The van der Waals surface area contributed by atoms with E-state index in [1.54, 1.807) is 0 Å². The molecule has 0 amide bonds. The van der Waals surface area contributed by atoms with Gasteiger partial charge in [-0.2, -0.15) is 0 Å². The van der Waals surface area contributed by atoms with Gasteiger partial charge >= 0.3 is 0 Å². The fraction of sp³-hybridized carbons (Fsp3) is 0.774. The van der Waals surface area contributed by atoms with Crippen LogP contribution in [0.1, 0.15) is 308 Å². The standard InChI is InChI=1S/C62H108N2/c1-5-9-13-16-19-21-23-25-27-29-31-33-35-37-39-42-47-57-49-45-51-59(55-57)63-61(53-12-8-4)62(54-44-41-18-15-11-7-3)64-60-52-46-50-58(56-60)48-43-40-38-36-34-32-30-28-26-24-22-20-17-14-10-6-2/h45-46,49-52,55-56H,5-44,47-48,53-54H2,1-4H3. The highest BCUT2D eigenvalue weighted by atomic mass is 14.8. The fourth-order valence-electron chi connectivity index (χ4n) is 9.58. The molecular formula is C62H108N2. The molecule has 0 radical (unpaired) electrons. The van der Waals surface area contributed by atoms with Gasteiger partial charge in [0.15, 0.2) is 0 Å². The molecule has 0 aliphatic heterocycles. The predicted molar refractivity (Wildman–Crippen MR) is 291 cm³/mol. The SMILES string of the molecule is CCCCCCCCCCCCCCCCCCc1cccc(N=C(CCCC)C(CCCCCCCC)=Nc2cccc(CCCCCCCCCCCCCCCCCC)c2)c1. The van der Waals surface area contributed by atoms with Crippen LogP contribution in [0.4, 0.5) is 11.4 Å². The molecule has 2 heteroatoms. The quantitative estimate of drug-likeness (QED) is 0.0467. The molecule has 2 nitrogen and oxygen atoms in total. The molecule has 0 saturated heterocycles. The molecule has 2 aromatic carbocycles. The van der Waals surface area contributed by atoms with Gasteiger partial charge in [-0.3, -0.25) is 9.98 Å². The summed E-state index contributed by atoms with van der Waals surface area (Å²) >= 11 is 0. The van der Waals surface area contributed by atoms with Gasteiger partial charge in [0.2, 0.25) is 0 Å². The third-order valence-electron chi connectivity index (χ3n) is 13.9. The highest BCUT2D eigenvalue weighted by molar-refractivity contribution is 6.43. The molecule has 0 aliphatic rings. The lowest BCUT2D eigenvalue weighted by molar-refractivity contribution is 0.529. The van der Waals surface area contributed by atoms with Crippen molar-refractivity contribution in [3.63, 3.8) is 0 Å². The first kappa shape index (κ1) is 57.9. The van der Waals surface area contributed by atoms with Crippen LogP contribution in [0.25, 0.3) is 0 Å². The van der Waals surface area contributed by atoms with E-state index >= 15 is 0 Å². The first-order chi connectivity index (χ1) is 31.7. The maximum absolute atomic E-state index is 5.46. The number of unbranched alkanes of at least 4 members (excludes halogenated alkanes) is 36. The van der Waals surface area contributed by atoms with Crippen molar-refractivity contribution >= 4 is 22.8 Å². The summed E-state index contributed by atoms with van der Waals surface area (Å²) < 4.78 is 0. The Morgan fingerprint density at radius 1 is 0.281 bits per heavy atom. The van der Waals surface area contributed by atoms with Gasteiger partial charge in [-0.15, -0.1) is 0 Å². The van der Waals surface area contributed by atoms with E-state index in [1.165, 1.54) is 273 Å². The van der Waals surface area contributed by atoms with Crippen LogP contribution in [0.15, 0.2) is 58.5 Å². The summed E-state index contributed by atoms with van der Waals surface area (Å²) in [7, 11) is 0. The maximum atomic E-state index is 5.46. The molecule has 0 unspecified atom stereocenters. The van der Waals surface area contributed by atoms with Crippen LogP contribution < -0.4 is 0 Å². The van der Waals surface area contributed by atoms with E-state index in [2.05, 4.69) is 76.2 Å². The van der Waals surface area contributed by atoms with E-state index in [9.17, 15) is 0 Å². The number of hydrogen-bond donors (Lipinski definition) is 0. The van der Waals surface area contributed by atoms with Crippen LogP contribution in [-0.2, 0) is 12.8 Å². The molecule has 0 atom stereocenters. The summed E-state index contributed by atoms with van der Waals surface area (Å²) in [6.07, 6.45) is 59.9. The van der Waals surface area contributed by atoms with Gasteiger partial charge in [-0.05, 0) is 86.8 Å². The normalized spacial score (nSPS) is 12.2. The molecule has 2 rings (SSSR count). The molecule has 0 aliphatic carbocycles. The van der Waals surface area contributed by atoms with Crippen molar-refractivity contribution in [3.05, 3.63) is 59.7 Å². The minimum absolute atomic E-state index is 1.01. The van der Waals surface area contributed by atoms with Crippen LogP contribution in [0, 0.1) is 0 Å². The Morgan fingerprint density at radius 2 is 0.531 bits per heavy atom. The minimum Gasteiger partial charge on any atom is -0.252 e. The third-order valence-corrected chi connectivity index (χ3v) is 13.9. The topological polar surface area (TPSA) is 24.7 Å². The van der Waals surface area contributed by atoms with E-state index in [-0.39, 0.29) is 0 Å². The molecule has 0 aromatic heterocycles. The van der Waals surface area contributed by atoms with E-state index in [0.717, 1.165) is 43.5 Å². The number of aryl methyl sites for hydroxylation is 2. The van der Waals surface area contributed by atoms with Crippen molar-refractivity contribution < 1.29 is 0 Å². The number of benzene rings is 2. The zero-order valence-electron chi connectivity index (χ0n) is 43.6. The Balaban J connectivity index is 1.85.